The van der Waals surface area contributed by atoms with E-state index in [4.69, 9.17) is 9.47 Å². The van der Waals surface area contributed by atoms with Gasteiger partial charge in [0.15, 0.2) is 0 Å². The molecule has 3 rings (SSSR count). The lowest BCUT2D eigenvalue weighted by Crippen LogP contribution is -2.53. The molecule has 0 aromatic heterocycles. The van der Waals surface area contributed by atoms with Gasteiger partial charge in [-0.25, -0.2) is 8.42 Å². The number of sulfonamides is 1. The Labute approximate surface area is 236 Å². The van der Waals surface area contributed by atoms with Gasteiger partial charge >= 0.3 is 0 Å². The Bertz CT molecular complexity index is 1400. The Morgan fingerprint density at radius 1 is 0.875 bits per heavy atom. The summed E-state index contributed by atoms with van der Waals surface area (Å²) in [4.78, 5) is 28.8. The van der Waals surface area contributed by atoms with Gasteiger partial charge in [0.1, 0.15) is 24.1 Å². The Kier molecular flexibility index (Phi) is 10.6. The quantitative estimate of drug-likeness (QED) is 0.332. The highest BCUT2D eigenvalue weighted by molar-refractivity contribution is 7.92. The summed E-state index contributed by atoms with van der Waals surface area (Å²) < 4.78 is 39.5. The zero-order valence-electron chi connectivity index (χ0n) is 23.5. The van der Waals surface area contributed by atoms with Crippen LogP contribution in [0.4, 0.5) is 5.69 Å². The molecule has 3 aromatic rings. The van der Waals surface area contributed by atoms with E-state index in [0.29, 0.717) is 17.9 Å². The summed E-state index contributed by atoms with van der Waals surface area (Å²) in [6.45, 7) is 5.06. The monoisotopic (exact) mass is 567 g/mol. The van der Waals surface area contributed by atoms with E-state index in [-0.39, 0.29) is 29.1 Å². The fraction of sp³-hybridized carbons (Fsp3) is 0.333. The second-order valence-corrected chi connectivity index (χ2v) is 11.3. The minimum Gasteiger partial charge on any atom is -0.497 e. The summed E-state index contributed by atoms with van der Waals surface area (Å²) in [6.07, 6.45) is 0.332. The van der Waals surface area contributed by atoms with E-state index in [1.165, 1.54) is 24.1 Å². The first-order chi connectivity index (χ1) is 19.1. The van der Waals surface area contributed by atoms with Crippen LogP contribution in [-0.4, -0.2) is 58.0 Å². The number of benzene rings is 3. The molecular formula is C30H37N3O6S. The van der Waals surface area contributed by atoms with Crippen LogP contribution in [0.15, 0.2) is 83.8 Å². The van der Waals surface area contributed by atoms with Crippen molar-refractivity contribution in [1.29, 1.82) is 0 Å². The normalized spacial score (nSPS) is 11.9. The third-order valence-corrected chi connectivity index (χ3v) is 8.04. The predicted molar refractivity (Wildman–Crippen MR) is 155 cm³/mol. The molecule has 40 heavy (non-hydrogen) atoms. The van der Waals surface area contributed by atoms with Gasteiger partial charge in [-0.1, -0.05) is 43.3 Å². The van der Waals surface area contributed by atoms with Crippen molar-refractivity contribution < 1.29 is 27.5 Å². The number of hydrogen-bond donors (Lipinski definition) is 1. The Hall–Kier alpha value is -4.05. The zero-order chi connectivity index (χ0) is 29.3. The van der Waals surface area contributed by atoms with Crippen molar-refractivity contribution in [2.75, 3.05) is 25.1 Å². The maximum Gasteiger partial charge on any atom is 0.264 e. The highest BCUT2D eigenvalue weighted by Gasteiger charge is 2.34. The summed E-state index contributed by atoms with van der Waals surface area (Å²) in [5, 5.41) is 2.89. The van der Waals surface area contributed by atoms with E-state index < -0.39 is 28.5 Å². The highest BCUT2D eigenvalue weighted by Crippen LogP contribution is 2.28. The van der Waals surface area contributed by atoms with Crippen LogP contribution in [0.1, 0.15) is 32.8 Å². The summed E-state index contributed by atoms with van der Waals surface area (Å²) in [5.74, 6) is 0.201. The lowest BCUT2D eigenvalue weighted by Gasteiger charge is -2.33. The SMILES string of the molecule is CC[C@@H](C(=O)NC(C)C)N(Cc1cccc(OC)c1)C(=O)CN(c1cccc(OC)c1)S(=O)(=O)c1ccccc1. The number of hydrogen-bond acceptors (Lipinski definition) is 6. The van der Waals surface area contributed by atoms with Crippen molar-refractivity contribution in [1.82, 2.24) is 10.2 Å². The number of anilines is 1. The molecule has 0 aliphatic rings. The minimum absolute atomic E-state index is 0.0366. The maximum atomic E-state index is 14.1. The first kappa shape index (κ1) is 30.5. The molecule has 0 radical (unpaired) electrons. The van der Waals surface area contributed by atoms with Gasteiger partial charge < -0.3 is 19.7 Å². The molecule has 1 N–H and O–H groups in total. The van der Waals surface area contributed by atoms with Gasteiger partial charge in [0.2, 0.25) is 11.8 Å². The molecular weight excluding hydrogens is 530 g/mol. The smallest absolute Gasteiger partial charge is 0.264 e. The number of ether oxygens (including phenoxy) is 2. The molecule has 0 saturated carbocycles. The van der Waals surface area contributed by atoms with Crippen LogP contribution in [0, 0.1) is 0 Å². The molecule has 0 aliphatic heterocycles. The van der Waals surface area contributed by atoms with Gasteiger partial charge in [0.05, 0.1) is 24.8 Å². The number of carbonyl (C=O) groups excluding carboxylic acids is 2. The maximum absolute atomic E-state index is 14.1. The lowest BCUT2D eigenvalue weighted by molar-refractivity contribution is -0.140. The standard InChI is InChI=1S/C30H37N3O6S/c1-6-28(30(35)31-22(2)3)32(20-23-12-10-14-25(18-23)38-4)29(34)21-33(24-13-11-15-26(19-24)39-5)40(36,37)27-16-8-7-9-17-27/h7-19,22,28H,6,20-21H2,1-5H3,(H,31,35)/t28-/m0/s1. The zero-order valence-corrected chi connectivity index (χ0v) is 24.4. The number of rotatable bonds is 13. The minimum atomic E-state index is -4.15. The van der Waals surface area contributed by atoms with Gasteiger partial charge in [-0.2, -0.15) is 0 Å². The molecule has 0 saturated heterocycles. The highest BCUT2D eigenvalue weighted by atomic mass is 32.2. The van der Waals surface area contributed by atoms with E-state index in [2.05, 4.69) is 5.32 Å². The van der Waals surface area contributed by atoms with E-state index in [9.17, 15) is 18.0 Å². The number of nitrogens with one attached hydrogen (secondary N) is 1. The number of nitrogens with zero attached hydrogens (tertiary/aromatic N) is 2. The molecule has 214 valence electrons. The molecule has 0 unspecified atom stereocenters. The molecule has 1 atom stereocenters. The van der Waals surface area contributed by atoms with Crippen molar-refractivity contribution in [3.63, 3.8) is 0 Å². The van der Waals surface area contributed by atoms with Gasteiger partial charge in [0.25, 0.3) is 10.0 Å². The molecule has 0 spiro atoms. The largest absolute Gasteiger partial charge is 0.497 e. The average Bonchev–Trinajstić information content (AvgIpc) is 2.95. The van der Waals surface area contributed by atoms with Gasteiger partial charge in [-0.05, 0) is 62.2 Å². The van der Waals surface area contributed by atoms with Crippen LogP contribution in [0.2, 0.25) is 0 Å². The molecule has 0 heterocycles. The Morgan fingerprint density at radius 2 is 1.50 bits per heavy atom. The van der Waals surface area contributed by atoms with Crippen molar-refractivity contribution in [2.24, 2.45) is 0 Å². The third-order valence-electron chi connectivity index (χ3n) is 6.26. The molecule has 0 aliphatic carbocycles. The van der Waals surface area contributed by atoms with Crippen molar-refractivity contribution in [2.45, 2.75) is 50.7 Å². The Balaban J connectivity index is 2.08. The molecule has 0 fully saturated rings. The molecule has 0 bridgehead atoms. The van der Waals surface area contributed by atoms with E-state index in [1.54, 1.807) is 67.8 Å². The van der Waals surface area contributed by atoms with Gasteiger partial charge in [-0.3, -0.25) is 13.9 Å². The first-order valence-corrected chi connectivity index (χ1v) is 14.5. The Morgan fingerprint density at radius 3 is 2.10 bits per heavy atom. The average molecular weight is 568 g/mol. The predicted octanol–water partition coefficient (Wildman–Crippen LogP) is 4.23. The summed E-state index contributed by atoms with van der Waals surface area (Å²) >= 11 is 0. The third kappa shape index (κ3) is 7.53. The lowest BCUT2D eigenvalue weighted by atomic mass is 10.1. The molecule has 2 amide bonds. The van der Waals surface area contributed by atoms with Crippen LogP contribution in [0.25, 0.3) is 0 Å². The van der Waals surface area contributed by atoms with Gasteiger partial charge in [0, 0.05) is 18.7 Å². The topological polar surface area (TPSA) is 105 Å². The summed E-state index contributed by atoms with van der Waals surface area (Å²) in [7, 11) is -1.12. The molecule has 3 aromatic carbocycles. The van der Waals surface area contributed by atoms with Crippen LogP contribution < -0.4 is 19.1 Å². The van der Waals surface area contributed by atoms with E-state index in [1.807, 2.05) is 26.8 Å². The number of carbonyl (C=O) groups is 2. The fourth-order valence-electron chi connectivity index (χ4n) is 4.28. The van der Waals surface area contributed by atoms with E-state index >= 15 is 0 Å². The second-order valence-electron chi connectivity index (χ2n) is 9.49. The first-order valence-electron chi connectivity index (χ1n) is 13.0. The molecule has 9 nitrogen and oxygen atoms in total. The number of amides is 2. The second kappa shape index (κ2) is 13.8. The van der Waals surface area contributed by atoms with E-state index in [0.717, 1.165) is 9.87 Å². The van der Waals surface area contributed by atoms with Crippen LogP contribution in [0.5, 0.6) is 11.5 Å². The van der Waals surface area contributed by atoms with Gasteiger partial charge in [-0.15, -0.1) is 0 Å². The number of methoxy groups -OCH3 is 2. The van der Waals surface area contributed by atoms with Crippen molar-refractivity contribution >= 4 is 27.5 Å². The van der Waals surface area contributed by atoms with Crippen LogP contribution in [-0.2, 0) is 26.2 Å². The van der Waals surface area contributed by atoms with Crippen LogP contribution >= 0.6 is 0 Å². The van der Waals surface area contributed by atoms with Crippen molar-refractivity contribution in [3.05, 3.63) is 84.4 Å². The van der Waals surface area contributed by atoms with Crippen molar-refractivity contribution in [3.8, 4) is 11.5 Å². The summed E-state index contributed by atoms with van der Waals surface area (Å²) in [5.41, 5.74) is 1.000. The van der Waals surface area contributed by atoms with Crippen LogP contribution in [0.3, 0.4) is 0 Å². The summed E-state index contributed by atoms with van der Waals surface area (Å²) in [6, 6.07) is 20.7. The molecule has 10 heteroatoms. The fourth-order valence-corrected chi connectivity index (χ4v) is 5.71.